The van der Waals surface area contributed by atoms with Gasteiger partial charge in [-0.1, -0.05) is 24.3 Å². The zero-order valence-corrected chi connectivity index (χ0v) is 12.0. The fourth-order valence-electron chi connectivity index (χ4n) is 1.86. The molecule has 0 aliphatic rings. The molecule has 0 aliphatic carbocycles. The van der Waals surface area contributed by atoms with Crippen molar-refractivity contribution in [3.63, 3.8) is 0 Å². The van der Waals surface area contributed by atoms with Crippen LogP contribution in [0.1, 0.15) is 10.4 Å². The van der Waals surface area contributed by atoms with Gasteiger partial charge in [0.25, 0.3) is 5.91 Å². The molecule has 0 atom stereocenters. The summed E-state index contributed by atoms with van der Waals surface area (Å²) in [5.74, 6) is -0.456. The van der Waals surface area contributed by atoms with Gasteiger partial charge < -0.3 is 20.5 Å². The Kier molecular flexibility index (Phi) is 4.98. The number of aromatic hydroxyl groups is 1. The van der Waals surface area contributed by atoms with Crippen molar-refractivity contribution in [2.24, 2.45) is 0 Å². The van der Waals surface area contributed by atoms with E-state index < -0.39 is 11.8 Å². The van der Waals surface area contributed by atoms with Crippen LogP contribution in [-0.4, -0.2) is 30.6 Å². The van der Waals surface area contributed by atoms with Crippen LogP contribution in [0.2, 0.25) is 0 Å². The average Bonchev–Trinajstić information content (AvgIpc) is 2.54. The molecule has 2 rings (SSSR count). The number of ether oxygens (including phenoxy) is 1. The lowest BCUT2D eigenvalue weighted by atomic mass is 10.2. The van der Waals surface area contributed by atoms with Crippen LogP contribution in [0, 0.1) is 0 Å². The van der Waals surface area contributed by atoms with Crippen LogP contribution in [0.3, 0.4) is 0 Å². The molecule has 0 bridgehead atoms. The molecule has 22 heavy (non-hydrogen) atoms. The Bertz CT molecular complexity index is 685. The summed E-state index contributed by atoms with van der Waals surface area (Å²) in [5, 5.41) is 14.6. The number of methoxy groups -OCH3 is 1. The zero-order chi connectivity index (χ0) is 15.9. The smallest absolute Gasteiger partial charge is 0.255 e. The molecule has 2 aromatic carbocycles. The predicted molar refractivity (Wildman–Crippen MR) is 82.1 cm³/mol. The normalized spacial score (nSPS) is 9.86. The number of amides is 2. The van der Waals surface area contributed by atoms with Crippen molar-refractivity contribution in [3.8, 4) is 11.5 Å². The summed E-state index contributed by atoms with van der Waals surface area (Å²) in [6.45, 7) is -0.217. The summed E-state index contributed by atoms with van der Waals surface area (Å²) in [6.07, 6.45) is 0. The second-order valence-corrected chi connectivity index (χ2v) is 4.45. The Balaban J connectivity index is 1.94. The van der Waals surface area contributed by atoms with E-state index in [4.69, 9.17) is 4.74 Å². The molecule has 6 nitrogen and oxygen atoms in total. The molecule has 0 radical (unpaired) electrons. The molecule has 0 saturated heterocycles. The third-order valence-corrected chi connectivity index (χ3v) is 2.94. The van der Waals surface area contributed by atoms with Crippen LogP contribution in [0.15, 0.2) is 48.5 Å². The molecular formula is C16H16N2O4. The molecule has 0 heterocycles. The molecule has 2 aromatic rings. The minimum atomic E-state index is -0.440. The molecule has 2 amide bonds. The average molecular weight is 300 g/mol. The first-order valence-electron chi connectivity index (χ1n) is 6.61. The molecule has 0 spiro atoms. The standard InChI is InChI=1S/C16H16N2O4/c1-22-14-9-5-2-6-11(14)16(21)17-10-15(20)18-12-7-3-4-8-13(12)19/h2-9,19H,10H2,1H3,(H,17,21)(H,18,20). The summed E-state index contributed by atoms with van der Waals surface area (Å²) in [4.78, 5) is 23.8. The van der Waals surface area contributed by atoms with E-state index in [1.165, 1.54) is 13.2 Å². The second kappa shape index (κ2) is 7.12. The molecule has 0 aromatic heterocycles. The van der Waals surface area contributed by atoms with Crippen molar-refractivity contribution < 1.29 is 19.4 Å². The summed E-state index contributed by atoms with van der Waals surface area (Å²) in [6, 6.07) is 13.1. The van der Waals surface area contributed by atoms with Gasteiger partial charge in [0.05, 0.1) is 24.9 Å². The van der Waals surface area contributed by atoms with Crippen LogP contribution >= 0.6 is 0 Å². The van der Waals surface area contributed by atoms with Crippen molar-refractivity contribution in [1.82, 2.24) is 5.32 Å². The largest absolute Gasteiger partial charge is 0.506 e. The number of rotatable bonds is 5. The fraction of sp³-hybridized carbons (Fsp3) is 0.125. The second-order valence-electron chi connectivity index (χ2n) is 4.45. The zero-order valence-electron chi connectivity index (χ0n) is 12.0. The topological polar surface area (TPSA) is 87.7 Å². The Morgan fingerprint density at radius 2 is 1.77 bits per heavy atom. The minimum Gasteiger partial charge on any atom is -0.506 e. The highest BCUT2D eigenvalue weighted by Gasteiger charge is 2.13. The van der Waals surface area contributed by atoms with Crippen molar-refractivity contribution >= 4 is 17.5 Å². The molecule has 0 saturated carbocycles. The third-order valence-electron chi connectivity index (χ3n) is 2.94. The third kappa shape index (κ3) is 3.76. The van der Waals surface area contributed by atoms with E-state index in [9.17, 15) is 14.7 Å². The molecular weight excluding hydrogens is 284 g/mol. The number of hydrogen-bond donors (Lipinski definition) is 3. The van der Waals surface area contributed by atoms with Gasteiger partial charge in [-0.25, -0.2) is 0 Å². The van der Waals surface area contributed by atoms with Gasteiger partial charge in [0.1, 0.15) is 11.5 Å². The number of phenols is 1. The van der Waals surface area contributed by atoms with E-state index in [1.807, 2.05) is 0 Å². The van der Waals surface area contributed by atoms with Crippen LogP contribution in [0.5, 0.6) is 11.5 Å². The van der Waals surface area contributed by atoms with Gasteiger partial charge in [-0.2, -0.15) is 0 Å². The molecule has 0 unspecified atom stereocenters. The van der Waals surface area contributed by atoms with Gasteiger partial charge in [0.15, 0.2) is 0 Å². The quantitative estimate of drug-likeness (QED) is 0.734. The van der Waals surface area contributed by atoms with Crippen molar-refractivity contribution in [1.29, 1.82) is 0 Å². The Morgan fingerprint density at radius 1 is 1.09 bits per heavy atom. The van der Waals surface area contributed by atoms with Crippen LogP contribution < -0.4 is 15.4 Å². The van der Waals surface area contributed by atoms with Crippen LogP contribution in [0.4, 0.5) is 5.69 Å². The molecule has 6 heteroatoms. The van der Waals surface area contributed by atoms with E-state index in [0.29, 0.717) is 17.0 Å². The highest BCUT2D eigenvalue weighted by atomic mass is 16.5. The van der Waals surface area contributed by atoms with E-state index in [-0.39, 0.29) is 12.3 Å². The Hall–Kier alpha value is -3.02. The SMILES string of the molecule is COc1ccccc1C(=O)NCC(=O)Nc1ccccc1O. The van der Waals surface area contributed by atoms with Crippen molar-refractivity contribution in [2.45, 2.75) is 0 Å². The van der Waals surface area contributed by atoms with Gasteiger partial charge >= 0.3 is 0 Å². The van der Waals surface area contributed by atoms with E-state index in [2.05, 4.69) is 10.6 Å². The van der Waals surface area contributed by atoms with Gasteiger partial charge in [-0.3, -0.25) is 9.59 Å². The fourth-order valence-corrected chi connectivity index (χ4v) is 1.86. The van der Waals surface area contributed by atoms with Crippen LogP contribution in [-0.2, 0) is 4.79 Å². The summed E-state index contributed by atoms with van der Waals surface area (Å²) < 4.78 is 5.09. The highest BCUT2D eigenvalue weighted by molar-refractivity contribution is 6.01. The molecule has 3 N–H and O–H groups in total. The first-order chi connectivity index (χ1) is 10.6. The van der Waals surface area contributed by atoms with Crippen LogP contribution in [0.25, 0.3) is 0 Å². The maximum atomic E-state index is 12.0. The number of nitrogens with one attached hydrogen (secondary N) is 2. The first-order valence-corrected chi connectivity index (χ1v) is 6.61. The Labute approximate surface area is 127 Å². The summed E-state index contributed by atoms with van der Waals surface area (Å²) >= 11 is 0. The minimum absolute atomic E-state index is 0.0353. The van der Waals surface area contributed by atoms with Gasteiger partial charge in [-0.15, -0.1) is 0 Å². The van der Waals surface area contributed by atoms with E-state index in [0.717, 1.165) is 0 Å². The van der Waals surface area contributed by atoms with Crippen molar-refractivity contribution in [3.05, 3.63) is 54.1 Å². The lowest BCUT2D eigenvalue weighted by Crippen LogP contribution is -2.33. The lowest BCUT2D eigenvalue weighted by molar-refractivity contribution is -0.115. The number of para-hydroxylation sites is 3. The molecule has 114 valence electrons. The van der Waals surface area contributed by atoms with Crippen molar-refractivity contribution in [2.75, 3.05) is 19.0 Å². The number of anilines is 1. The number of carbonyl (C=O) groups excluding carboxylic acids is 2. The lowest BCUT2D eigenvalue weighted by Gasteiger charge is -2.10. The number of hydrogen-bond acceptors (Lipinski definition) is 4. The summed E-state index contributed by atoms with van der Waals surface area (Å²) in [5.41, 5.74) is 0.638. The van der Waals surface area contributed by atoms with Gasteiger partial charge in [0, 0.05) is 0 Å². The maximum Gasteiger partial charge on any atom is 0.255 e. The maximum absolute atomic E-state index is 12.0. The monoisotopic (exact) mass is 300 g/mol. The predicted octanol–water partition coefficient (Wildman–Crippen LogP) is 1.77. The number of benzene rings is 2. The highest BCUT2D eigenvalue weighted by Crippen LogP contribution is 2.21. The summed E-state index contributed by atoms with van der Waals surface area (Å²) in [7, 11) is 1.47. The molecule has 0 aliphatic heterocycles. The Morgan fingerprint density at radius 3 is 2.50 bits per heavy atom. The van der Waals surface area contributed by atoms with E-state index >= 15 is 0 Å². The molecule has 0 fully saturated rings. The van der Waals surface area contributed by atoms with E-state index in [1.54, 1.807) is 42.5 Å². The van der Waals surface area contributed by atoms with Gasteiger partial charge in [0.2, 0.25) is 5.91 Å². The van der Waals surface area contributed by atoms with Gasteiger partial charge in [-0.05, 0) is 24.3 Å². The number of phenolic OH excluding ortho intramolecular Hbond substituents is 1. The first kappa shape index (κ1) is 15.4. The number of carbonyl (C=O) groups is 2.